The van der Waals surface area contributed by atoms with Crippen LogP contribution in [0.5, 0.6) is 11.5 Å². The SMILES string of the molecule is CCc1[nH]nc(-c2ccc(C(C)(C)C)cc2)c1NC(=O)c1c(OC)cccc1OC. The van der Waals surface area contributed by atoms with Gasteiger partial charge in [-0.15, -0.1) is 0 Å². The van der Waals surface area contributed by atoms with Crippen molar-refractivity contribution in [2.75, 3.05) is 19.5 Å². The van der Waals surface area contributed by atoms with Crippen molar-refractivity contribution in [1.29, 1.82) is 0 Å². The van der Waals surface area contributed by atoms with E-state index in [1.807, 2.05) is 19.1 Å². The number of nitrogens with zero attached hydrogens (tertiary/aromatic N) is 1. The maximum Gasteiger partial charge on any atom is 0.263 e. The molecule has 0 saturated carbocycles. The van der Waals surface area contributed by atoms with E-state index in [-0.39, 0.29) is 11.3 Å². The van der Waals surface area contributed by atoms with E-state index in [0.717, 1.165) is 11.3 Å². The van der Waals surface area contributed by atoms with Crippen molar-refractivity contribution >= 4 is 11.6 Å². The van der Waals surface area contributed by atoms with E-state index in [1.165, 1.54) is 19.8 Å². The number of ether oxygens (including phenoxy) is 2. The van der Waals surface area contributed by atoms with Crippen LogP contribution in [0, 0.1) is 0 Å². The Hall–Kier alpha value is -3.28. The number of aryl methyl sites for hydroxylation is 1. The number of H-pyrrole nitrogens is 1. The normalized spacial score (nSPS) is 11.3. The lowest BCUT2D eigenvalue weighted by Gasteiger charge is -2.19. The van der Waals surface area contributed by atoms with Crippen LogP contribution < -0.4 is 14.8 Å². The zero-order valence-corrected chi connectivity index (χ0v) is 18.4. The molecule has 1 heterocycles. The van der Waals surface area contributed by atoms with Gasteiger partial charge < -0.3 is 14.8 Å². The second-order valence-corrected chi connectivity index (χ2v) is 8.10. The average molecular weight is 408 g/mol. The third-order valence-corrected chi connectivity index (χ3v) is 5.11. The number of nitrogens with one attached hydrogen (secondary N) is 2. The predicted molar refractivity (Wildman–Crippen MR) is 120 cm³/mol. The predicted octanol–water partition coefficient (Wildman–Crippen LogP) is 5.21. The van der Waals surface area contributed by atoms with Crippen molar-refractivity contribution in [1.82, 2.24) is 10.2 Å². The molecule has 3 rings (SSSR count). The van der Waals surface area contributed by atoms with E-state index < -0.39 is 0 Å². The van der Waals surface area contributed by atoms with Crippen LogP contribution in [-0.4, -0.2) is 30.3 Å². The molecule has 0 aliphatic heterocycles. The number of aromatic nitrogens is 2. The van der Waals surface area contributed by atoms with Crippen LogP contribution >= 0.6 is 0 Å². The maximum absolute atomic E-state index is 13.2. The van der Waals surface area contributed by atoms with E-state index in [2.05, 4.69) is 48.4 Å². The van der Waals surface area contributed by atoms with Crippen molar-refractivity contribution in [3.05, 3.63) is 59.3 Å². The Morgan fingerprint density at radius 2 is 1.63 bits per heavy atom. The number of aromatic amines is 1. The molecule has 0 bridgehead atoms. The fraction of sp³-hybridized carbons (Fsp3) is 0.333. The minimum atomic E-state index is -0.312. The zero-order valence-electron chi connectivity index (χ0n) is 18.4. The molecule has 2 N–H and O–H groups in total. The molecule has 158 valence electrons. The van der Waals surface area contributed by atoms with Gasteiger partial charge in [0.05, 0.1) is 25.6 Å². The Kier molecular flexibility index (Phi) is 6.15. The van der Waals surface area contributed by atoms with Crippen molar-refractivity contribution in [3.63, 3.8) is 0 Å². The second kappa shape index (κ2) is 8.61. The molecule has 6 nitrogen and oxygen atoms in total. The number of amides is 1. The summed E-state index contributed by atoms with van der Waals surface area (Å²) >= 11 is 0. The molecular formula is C24H29N3O3. The maximum atomic E-state index is 13.2. The summed E-state index contributed by atoms with van der Waals surface area (Å²) in [6.07, 6.45) is 0.700. The molecular weight excluding hydrogens is 378 g/mol. The summed E-state index contributed by atoms with van der Waals surface area (Å²) in [7, 11) is 3.06. The lowest BCUT2D eigenvalue weighted by molar-refractivity contribution is 0.102. The highest BCUT2D eigenvalue weighted by Gasteiger charge is 2.23. The van der Waals surface area contributed by atoms with Gasteiger partial charge in [-0.1, -0.05) is 58.0 Å². The third-order valence-electron chi connectivity index (χ3n) is 5.11. The number of hydrogen-bond donors (Lipinski definition) is 2. The summed E-state index contributed by atoms with van der Waals surface area (Å²) in [4.78, 5) is 13.2. The van der Waals surface area contributed by atoms with Gasteiger partial charge in [0.2, 0.25) is 0 Å². The Balaban J connectivity index is 2.00. The average Bonchev–Trinajstić information content (AvgIpc) is 3.14. The molecule has 0 atom stereocenters. The molecule has 6 heteroatoms. The minimum Gasteiger partial charge on any atom is -0.496 e. The number of carbonyl (C=O) groups excluding carboxylic acids is 1. The van der Waals surface area contributed by atoms with Gasteiger partial charge in [-0.2, -0.15) is 5.10 Å². The van der Waals surface area contributed by atoms with E-state index >= 15 is 0 Å². The van der Waals surface area contributed by atoms with Crippen LogP contribution in [0.3, 0.4) is 0 Å². The topological polar surface area (TPSA) is 76.2 Å². The Morgan fingerprint density at radius 1 is 1.03 bits per heavy atom. The highest BCUT2D eigenvalue weighted by atomic mass is 16.5. The molecule has 1 amide bonds. The van der Waals surface area contributed by atoms with Crippen molar-refractivity contribution in [2.45, 2.75) is 39.5 Å². The molecule has 3 aromatic rings. The highest BCUT2D eigenvalue weighted by Crippen LogP contribution is 2.34. The first-order chi connectivity index (χ1) is 14.3. The van der Waals surface area contributed by atoms with Crippen LogP contribution in [0.15, 0.2) is 42.5 Å². The molecule has 0 saturated heterocycles. The van der Waals surface area contributed by atoms with E-state index in [9.17, 15) is 4.79 Å². The lowest BCUT2D eigenvalue weighted by atomic mass is 9.86. The zero-order chi connectivity index (χ0) is 21.9. The van der Waals surface area contributed by atoms with Crippen molar-refractivity contribution in [3.8, 4) is 22.8 Å². The number of rotatable bonds is 6. The molecule has 0 aliphatic carbocycles. The summed E-state index contributed by atoms with van der Waals surface area (Å²) in [5, 5.41) is 10.6. The van der Waals surface area contributed by atoms with Gasteiger partial charge in [0.1, 0.15) is 22.8 Å². The number of benzene rings is 2. The molecule has 0 aliphatic rings. The summed E-state index contributed by atoms with van der Waals surface area (Å²) in [6.45, 7) is 8.55. The standard InChI is InChI=1S/C24H29N3O3/c1-7-17-22(25-23(28)20-18(29-5)9-8-10-19(20)30-6)21(27-26-17)15-11-13-16(14-12-15)24(2,3)4/h8-14H,7H2,1-6H3,(H,25,28)(H,26,27). The van der Waals surface area contributed by atoms with Crippen LogP contribution in [-0.2, 0) is 11.8 Å². The number of anilines is 1. The fourth-order valence-electron chi connectivity index (χ4n) is 3.36. The molecule has 30 heavy (non-hydrogen) atoms. The molecule has 2 aromatic carbocycles. The van der Waals surface area contributed by atoms with Gasteiger partial charge in [0, 0.05) is 5.56 Å². The van der Waals surface area contributed by atoms with Gasteiger partial charge in [-0.05, 0) is 29.5 Å². The van der Waals surface area contributed by atoms with Crippen LogP contribution in [0.2, 0.25) is 0 Å². The molecule has 1 aromatic heterocycles. The molecule has 0 radical (unpaired) electrons. The van der Waals surface area contributed by atoms with E-state index in [1.54, 1.807) is 18.2 Å². The van der Waals surface area contributed by atoms with Gasteiger partial charge in [-0.3, -0.25) is 9.89 Å². The Bertz CT molecular complexity index is 1010. The first-order valence-corrected chi connectivity index (χ1v) is 10.0. The second-order valence-electron chi connectivity index (χ2n) is 8.10. The summed E-state index contributed by atoms with van der Waals surface area (Å²) < 4.78 is 10.8. The fourth-order valence-corrected chi connectivity index (χ4v) is 3.36. The monoisotopic (exact) mass is 407 g/mol. The Morgan fingerprint density at radius 3 is 2.13 bits per heavy atom. The highest BCUT2D eigenvalue weighted by molar-refractivity contribution is 6.09. The van der Waals surface area contributed by atoms with Crippen molar-refractivity contribution < 1.29 is 14.3 Å². The van der Waals surface area contributed by atoms with Gasteiger partial charge in [0.15, 0.2) is 0 Å². The first kappa shape index (κ1) is 21.4. The largest absolute Gasteiger partial charge is 0.496 e. The third kappa shape index (κ3) is 4.17. The smallest absolute Gasteiger partial charge is 0.263 e. The quantitative estimate of drug-likeness (QED) is 0.588. The van der Waals surface area contributed by atoms with Crippen molar-refractivity contribution in [2.24, 2.45) is 0 Å². The molecule has 0 fully saturated rings. The molecule has 0 unspecified atom stereocenters. The Labute approximate surface area is 177 Å². The van der Waals surface area contributed by atoms with Gasteiger partial charge in [-0.25, -0.2) is 0 Å². The van der Waals surface area contributed by atoms with Crippen LogP contribution in [0.4, 0.5) is 5.69 Å². The van der Waals surface area contributed by atoms with Crippen LogP contribution in [0.1, 0.15) is 49.3 Å². The van der Waals surface area contributed by atoms with E-state index in [4.69, 9.17) is 9.47 Å². The van der Waals surface area contributed by atoms with E-state index in [0.29, 0.717) is 34.9 Å². The first-order valence-electron chi connectivity index (χ1n) is 10.0. The van der Waals surface area contributed by atoms with Gasteiger partial charge >= 0.3 is 0 Å². The summed E-state index contributed by atoms with van der Waals surface area (Å²) in [5.41, 5.74) is 4.80. The van der Waals surface area contributed by atoms with Crippen LogP contribution in [0.25, 0.3) is 11.3 Å². The minimum absolute atomic E-state index is 0.0656. The number of carbonyl (C=O) groups is 1. The molecule has 0 spiro atoms. The summed E-state index contributed by atoms with van der Waals surface area (Å²) in [6, 6.07) is 13.5. The number of hydrogen-bond acceptors (Lipinski definition) is 4. The summed E-state index contributed by atoms with van der Waals surface area (Å²) in [5.74, 6) is 0.585. The lowest BCUT2D eigenvalue weighted by Crippen LogP contribution is -2.16. The van der Waals surface area contributed by atoms with Gasteiger partial charge in [0.25, 0.3) is 5.91 Å². The number of methoxy groups -OCH3 is 2.